The summed E-state index contributed by atoms with van der Waals surface area (Å²) in [6.45, 7) is 5.30. The van der Waals surface area contributed by atoms with E-state index in [1.165, 1.54) is 20.8 Å². The highest BCUT2D eigenvalue weighted by molar-refractivity contribution is 5.69. The Bertz CT molecular complexity index is 572. The number of esters is 3. The molecule has 2 heterocycles. The zero-order chi connectivity index (χ0) is 18.0. The van der Waals surface area contributed by atoms with Crippen LogP contribution in [0.5, 0.6) is 0 Å². The van der Waals surface area contributed by atoms with Crippen molar-refractivity contribution in [2.75, 3.05) is 13.7 Å². The topological polar surface area (TPSA) is 101 Å². The van der Waals surface area contributed by atoms with E-state index in [4.69, 9.17) is 23.7 Å². The predicted octanol–water partition coefficient (Wildman–Crippen LogP) is 0.289. The van der Waals surface area contributed by atoms with Crippen molar-refractivity contribution < 1.29 is 38.1 Å². The van der Waals surface area contributed by atoms with Crippen LogP contribution in [0.2, 0.25) is 0 Å². The van der Waals surface area contributed by atoms with Gasteiger partial charge < -0.3 is 23.7 Å². The molecule has 2 rings (SSSR count). The third-order valence-corrected chi connectivity index (χ3v) is 3.65. The van der Waals surface area contributed by atoms with E-state index >= 15 is 0 Å². The number of hydrogen-bond donors (Lipinski definition) is 0. The number of likely N-dealkylation sites (N-methyl/N-ethyl adjacent to an activating group) is 1. The Kier molecular flexibility index (Phi) is 5.58. The molecule has 9 heteroatoms. The fraction of sp³-hybridized carbons (Fsp3) is 0.667. The molecular formula is C15H21NO8. The molecule has 0 N–H and O–H groups in total. The fourth-order valence-electron chi connectivity index (χ4n) is 2.57. The van der Waals surface area contributed by atoms with Crippen molar-refractivity contribution in [3.05, 3.63) is 11.5 Å². The molecule has 1 fully saturated rings. The first-order valence-electron chi connectivity index (χ1n) is 7.47. The number of rotatable bonds is 4. The van der Waals surface area contributed by atoms with E-state index in [0.717, 1.165) is 0 Å². The number of carbonyl (C=O) groups is 3. The van der Waals surface area contributed by atoms with Gasteiger partial charge in [-0.05, 0) is 14.0 Å². The Morgan fingerprint density at radius 1 is 1.00 bits per heavy atom. The van der Waals surface area contributed by atoms with Crippen LogP contribution in [0.3, 0.4) is 0 Å². The Morgan fingerprint density at radius 3 is 2.12 bits per heavy atom. The fourth-order valence-corrected chi connectivity index (χ4v) is 2.57. The molecule has 0 aromatic carbocycles. The molecule has 0 aliphatic carbocycles. The Morgan fingerprint density at radius 2 is 1.58 bits per heavy atom. The Hall–Kier alpha value is -1.97. The van der Waals surface area contributed by atoms with E-state index < -0.39 is 36.3 Å². The van der Waals surface area contributed by atoms with Crippen LogP contribution in [0, 0.1) is 0 Å². The lowest BCUT2D eigenvalue weighted by atomic mass is 10.1. The first-order chi connectivity index (χ1) is 11.2. The van der Waals surface area contributed by atoms with Crippen molar-refractivity contribution in [2.24, 2.45) is 0 Å². The molecule has 0 amide bonds. The number of carbonyl (C=O) groups excluding carboxylic acids is 3. The van der Waals surface area contributed by atoms with E-state index in [1.54, 1.807) is 18.9 Å². The van der Waals surface area contributed by atoms with Crippen molar-refractivity contribution in [1.29, 1.82) is 0 Å². The maximum absolute atomic E-state index is 11.5. The largest absolute Gasteiger partial charge is 0.463 e. The van der Waals surface area contributed by atoms with Crippen LogP contribution >= 0.6 is 0 Å². The lowest BCUT2D eigenvalue weighted by Gasteiger charge is -2.34. The molecule has 9 nitrogen and oxygen atoms in total. The SMILES string of the molecule is CC(=O)OCC1O[C@H]2OC(C)N(C)C2C(OC(C)=O)=C1OC(C)=O. The van der Waals surface area contributed by atoms with Crippen molar-refractivity contribution >= 4 is 17.9 Å². The number of ether oxygens (including phenoxy) is 5. The molecule has 0 spiro atoms. The summed E-state index contributed by atoms with van der Waals surface area (Å²) < 4.78 is 26.9. The minimum Gasteiger partial charge on any atom is -0.463 e. The number of fused-ring (bicyclic) bond motifs is 1. The molecule has 0 aromatic heterocycles. The average Bonchev–Trinajstić information content (AvgIpc) is 2.73. The van der Waals surface area contributed by atoms with Crippen LogP contribution in [0.25, 0.3) is 0 Å². The molecule has 24 heavy (non-hydrogen) atoms. The summed E-state index contributed by atoms with van der Waals surface area (Å²) in [7, 11) is 1.76. The van der Waals surface area contributed by atoms with Crippen molar-refractivity contribution in [3.8, 4) is 0 Å². The van der Waals surface area contributed by atoms with Gasteiger partial charge in [-0.2, -0.15) is 0 Å². The summed E-state index contributed by atoms with van der Waals surface area (Å²) in [4.78, 5) is 35.8. The van der Waals surface area contributed by atoms with E-state index in [2.05, 4.69) is 0 Å². The van der Waals surface area contributed by atoms with Gasteiger partial charge in [0.25, 0.3) is 0 Å². The molecule has 2 aliphatic rings. The highest BCUT2D eigenvalue weighted by atomic mass is 16.7. The van der Waals surface area contributed by atoms with Gasteiger partial charge in [-0.1, -0.05) is 0 Å². The zero-order valence-corrected chi connectivity index (χ0v) is 14.2. The van der Waals surface area contributed by atoms with Gasteiger partial charge in [-0.3, -0.25) is 19.3 Å². The van der Waals surface area contributed by atoms with Gasteiger partial charge in [0, 0.05) is 20.8 Å². The molecule has 1 saturated heterocycles. The van der Waals surface area contributed by atoms with Crippen molar-refractivity contribution in [1.82, 2.24) is 4.90 Å². The van der Waals surface area contributed by atoms with Gasteiger partial charge in [0.2, 0.25) is 0 Å². The van der Waals surface area contributed by atoms with Crippen molar-refractivity contribution in [2.45, 2.75) is 52.4 Å². The maximum Gasteiger partial charge on any atom is 0.307 e. The van der Waals surface area contributed by atoms with Gasteiger partial charge in [-0.25, -0.2) is 0 Å². The van der Waals surface area contributed by atoms with Crippen molar-refractivity contribution in [3.63, 3.8) is 0 Å². The molecular weight excluding hydrogens is 322 g/mol. The van der Waals surface area contributed by atoms with Gasteiger partial charge in [0.1, 0.15) is 18.9 Å². The second-order valence-electron chi connectivity index (χ2n) is 5.56. The zero-order valence-electron chi connectivity index (χ0n) is 14.2. The lowest BCUT2D eigenvalue weighted by molar-refractivity contribution is -0.193. The van der Waals surface area contributed by atoms with Gasteiger partial charge in [0.15, 0.2) is 23.9 Å². The second kappa shape index (κ2) is 7.29. The molecule has 0 aromatic rings. The average molecular weight is 343 g/mol. The molecule has 4 atom stereocenters. The van der Waals surface area contributed by atoms with E-state index in [9.17, 15) is 14.4 Å². The molecule has 0 bridgehead atoms. The van der Waals surface area contributed by atoms with E-state index in [1.807, 2.05) is 0 Å². The second-order valence-corrected chi connectivity index (χ2v) is 5.56. The summed E-state index contributed by atoms with van der Waals surface area (Å²) >= 11 is 0. The first-order valence-corrected chi connectivity index (χ1v) is 7.47. The minimum absolute atomic E-state index is 0.00440. The summed E-state index contributed by atoms with van der Waals surface area (Å²) in [5, 5.41) is 0. The third kappa shape index (κ3) is 3.92. The molecule has 2 aliphatic heterocycles. The normalized spacial score (nSPS) is 29.9. The smallest absolute Gasteiger partial charge is 0.307 e. The molecule has 3 unspecified atom stereocenters. The standard InChI is InChI=1S/C15H21NO8/c1-7-16(5)12-14(23-10(4)19)13(22-9(3)18)11(6-20-8(2)17)24-15(12)21-7/h7,11-12,15H,6H2,1-5H3/t7?,11?,12?,15-/m1/s1. The summed E-state index contributed by atoms with van der Waals surface area (Å²) in [6, 6.07) is -0.563. The minimum atomic E-state index is -0.924. The Balaban J connectivity index is 2.43. The summed E-state index contributed by atoms with van der Waals surface area (Å²) in [6.07, 6.45) is -1.98. The summed E-state index contributed by atoms with van der Waals surface area (Å²) in [5.41, 5.74) is 0. The quantitative estimate of drug-likeness (QED) is 0.526. The monoisotopic (exact) mass is 343 g/mol. The van der Waals surface area contributed by atoms with Crippen LogP contribution < -0.4 is 0 Å². The third-order valence-electron chi connectivity index (χ3n) is 3.65. The van der Waals surface area contributed by atoms with Gasteiger partial charge in [0.05, 0.1) is 0 Å². The van der Waals surface area contributed by atoms with Crippen LogP contribution in [0.4, 0.5) is 0 Å². The number of nitrogens with zero attached hydrogens (tertiary/aromatic N) is 1. The number of hydrogen-bond acceptors (Lipinski definition) is 9. The van der Waals surface area contributed by atoms with E-state index in [-0.39, 0.29) is 24.4 Å². The van der Waals surface area contributed by atoms with Gasteiger partial charge in [-0.15, -0.1) is 0 Å². The van der Waals surface area contributed by atoms with E-state index in [0.29, 0.717) is 0 Å². The van der Waals surface area contributed by atoms with Crippen LogP contribution in [0.1, 0.15) is 27.7 Å². The molecule has 134 valence electrons. The van der Waals surface area contributed by atoms with Crippen LogP contribution in [0.15, 0.2) is 11.5 Å². The highest BCUT2D eigenvalue weighted by Crippen LogP contribution is 2.37. The Labute approximate surface area is 139 Å². The summed E-state index contributed by atoms with van der Waals surface area (Å²) in [5.74, 6) is -1.58. The lowest BCUT2D eigenvalue weighted by Crippen LogP contribution is -2.47. The highest BCUT2D eigenvalue weighted by Gasteiger charge is 2.50. The van der Waals surface area contributed by atoms with Crippen LogP contribution in [-0.2, 0) is 38.1 Å². The van der Waals surface area contributed by atoms with Crippen LogP contribution in [-0.4, -0.2) is 61.1 Å². The molecule has 0 radical (unpaired) electrons. The first kappa shape index (κ1) is 18.4. The maximum atomic E-state index is 11.5. The predicted molar refractivity (Wildman–Crippen MR) is 78.0 cm³/mol. The molecule has 0 saturated carbocycles. The van der Waals surface area contributed by atoms with Gasteiger partial charge >= 0.3 is 17.9 Å².